The average Bonchev–Trinajstić information content (AvgIpc) is 2.94. The van der Waals surface area contributed by atoms with Crippen LogP contribution in [0.4, 0.5) is 5.95 Å². The highest BCUT2D eigenvalue weighted by Gasteiger charge is 2.10. The lowest BCUT2D eigenvalue weighted by Gasteiger charge is -1.97. The maximum atomic E-state index is 5.59. The van der Waals surface area contributed by atoms with Crippen LogP contribution in [-0.2, 0) is 19.2 Å². The minimum absolute atomic E-state index is 0.397. The Kier molecular flexibility index (Phi) is 4.19. The molecule has 98 valence electrons. The van der Waals surface area contributed by atoms with E-state index < -0.39 is 0 Å². The first kappa shape index (κ1) is 12.9. The van der Waals surface area contributed by atoms with Crippen molar-refractivity contribution in [1.29, 1.82) is 0 Å². The first-order valence-electron chi connectivity index (χ1n) is 5.79. The molecule has 0 aliphatic carbocycles. The third-order valence-corrected chi connectivity index (χ3v) is 3.47. The predicted octanol–water partition coefficient (Wildman–Crippen LogP) is 1.42. The summed E-state index contributed by atoms with van der Waals surface area (Å²) in [6.45, 7) is 2.13. The zero-order valence-electron chi connectivity index (χ0n) is 10.5. The number of aryl methyl sites for hydroxylation is 1. The number of aromatic nitrogens is 5. The highest BCUT2D eigenvalue weighted by molar-refractivity contribution is 7.98. The zero-order chi connectivity index (χ0) is 13.0. The first-order valence-corrected chi connectivity index (χ1v) is 6.78. The molecule has 2 rings (SSSR count). The second-order valence-corrected chi connectivity index (χ2v) is 4.84. The van der Waals surface area contributed by atoms with E-state index in [1.165, 1.54) is 11.8 Å². The topological polar surface area (TPSA) is 95.7 Å². The van der Waals surface area contributed by atoms with Crippen LogP contribution in [0.15, 0.2) is 9.68 Å². The van der Waals surface area contributed by atoms with E-state index in [-0.39, 0.29) is 0 Å². The van der Waals surface area contributed by atoms with Crippen LogP contribution in [0.1, 0.15) is 31.5 Å². The van der Waals surface area contributed by atoms with Gasteiger partial charge in [0.1, 0.15) is 0 Å². The summed E-state index contributed by atoms with van der Waals surface area (Å²) in [6.07, 6.45) is 3.02. The Hall–Kier alpha value is -1.57. The standard InChI is InChI=1S/C10H16N6OS/c1-3-4-5-8-12-7(15-17-8)6-18-10-14-13-9(11)16(10)2/h3-6H2,1-2H3,(H2,11,13). The SMILES string of the molecule is CCCCc1nc(CSc2nnc(N)n2C)no1. The fourth-order valence-electron chi connectivity index (χ4n) is 1.36. The van der Waals surface area contributed by atoms with Gasteiger partial charge >= 0.3 is 0 Å². The van der Waals surface area contributed by atoms with Gasteiger partial charge in [0.25, 0.3) is 0 Å². The molecule has 0 saturated heterocycles. The van der Waals surface area contributed by atoms with Crippen molar-refractivity contribution in [2.45, 2.75) is 37.1 Å². The van der Waals surface area contributed by atoms with Gasteiger partial charge in [-0.2, -0.15) is 4.98 Å². The number of thioether (sulfide) groups is 1. The molecular formula is C10H16N6OS. The van der Waals surface area contributed by atoms with Gasteiger partial charge in [0, 0.05) is 13.5 Å². The highest BCUT2D eigenvalue weighted by Crippen LogP contribution is 2.20. The van der Waals surface area contributed by atoms with E-state index in [4.69, 9.17) is 10.3 Å². The highest BCUT2D eigenvalue weighted by atomic mass is 32.2. The van der Waals surface area contributed by atoms with Gasteiger partial charge in [0.05, 0.1) is 5.75 Å². The summed E-state index contributed by atoms with van der Waals surface area (Å²) in [4.78, 5) is 4.31. The summed E-state index contributed by atoms with van der Waals surface area (Å²) in [5, 5.41) is 12.4. The van der Waals surface area contributed by atoms with Gasteiger partial charge in [0.15, 0.2) is 11.0 Å². The molecule has 0 aliphatic heterocycles. The van der Waals surface area contributed by atoms with Crippen LogP contribution in [0, 0.1) is 0 Å². The van der Waals surface area contributed by atoms with Crippen molar-refractivity contribution < 1.29 is 4.52 Å². The molecule has 0 aromatic carbocycles. The average molecular weight is 268 g/mol. The van der Waals surface area contributed by atoms with Gasteiger partial charge in [-0.05, 0) is 6.42 Å². The van der Waals surface area contributed by atoms with Crippen molar-refractivity contribution in [2.24, 2.45) is 7.05 Å². The third-order valence-electron chi connectivity index (χ3n) is 2.45. The molecule has 0 amide bonds. The van der Waals surface area contributed by atoms with E-state index in [9.17, 15) is 0 Å². The summed E-state index contributed by atoms with van der Waals surface area (Å²) in [5.41, 5.74) is 5.59. The molecule has 0 fully saturated rings. The van der Waals surface area contributed by atoms with Crippen molar-refractivity contribution in [3.05, 3.63) is 11.7 Å². The summed E-state index contributed by atoms with van der Waals surface area (Å²) in [6, 6.07) is 0. The number of anilines is 1. The van der Waals surface area contributed by atoms with Crippen molar-refractivity contribution in [3.63, 3.8) is 0 Å². The number of rotatable bonds is 6. The van der Waals surface area contributed by atoms with Crippen LogP contribution in [0.25, 0.3) is 0 Å². The molecule has 2 heterocycles. The monoisotopic (exact) mass is 268 g/mol. The Morgan fingerprint density at radius 2 is 2.22 bits per heavy atom. The molecule has 7 nitrogen and oxygen atoms in total. The number of hydrogen-bond donors (Lipinski definition) is 1. The van der Waals surface area contributed by atoms with Gasteiger partial charge in [-0.15, -0.1) is 10.2 Å². The Morgan fingerprint density at radius 3 is 2.89 bits per heavy atom. The van der Waals surface area contributed by atoms with E-state index >= 15 is 0 Å². The maximum Gasteiger partial charge on any atom is 0.226 e. The van der Waals surface area contributed by atoms with Crippen molar-refractivity contribution in [3.8, 4) is 0 Å². The summed E-state index contributed by atoms with van der Waals surface area (Å²) < 4.78 is 6.87. The van der Waals surface area contributed by atoms with Gasteiger partial charge in [0.2, 0.25) is 11.8 Å². The van der Waals surface area contributed by atoms with Crippen LogP contribution in [0.3, 0.4) is 0 Å². The Labute approximate surface area is 109 Å². The van der Waals surface area contributed by atoms with Crippen LogP contribution in [0.2, 0.25) is 0 Å². The fraction of sp³-hybridized carbons (Fsp3) is 0.600. The van der Waals surface area contributed by atoms with Crippen molar-refractivity contribution >= 4 is 17.7 Å². The Bertz CT molecular complexity index is 508. The maximum absolute atomic E-state index is 5.59. The molecule has 0 atom stereocenters. The van der Waals surface area contributed by atoms with E-state index in [1.807, 2.05) is 7.05 Å². The number of nitrogens with zero attached hydrogens (tertiary/aromatic N) is 5. The normalized spacial score (nSPS) is 11.0. The van der Waals surface area contributed by atoms with Crippen LogP contribution in [-0.4, -0.2) is 24.9 Å². The molecule has 2 N–H and O–H groups in total. The van der Waals surface area contributed by atoms with Gasteiger partial charge in [-0.25, -0.2) is 0 Å². The van der Waals surface area contributed by atoms with Crippen molar-refractivity contribution in [2.75, 3.05) is 5.73 Å². The molecule has 0 spiro atoms. The minimum atomic E-state index is 0.397. The van der Waals surface area contributed by atoms with Crippen LogP contribution < -0.4 is 5.73 Å². The van der Waals surface area contributed by atoms with Crippen molar-refractivity contribution in [1.82, 2.24) is 24.9 Å². The van der Waals surface area contributed by atoms with Gasteiger partial charge in [-0.1, -0.05) is 30.3 Å². The number of hydrogen-bond acceptors (Lipinski definition) is 7. The van der Waals surface area contributed by atoms with E-state index in [1.54, 1.807) is 4.57 Å². The molecule has 0 radical (unpaired) electrons. The van der Waals surface area contributed by atoms with Crippen LogP contribution >= 0.6 is 11.8 Å². The molecule has 0 unspecified atom stereocenters. The molecule has 8 heteroatoms. The molecule has 18 heavy (non-hydrogen) atoms. The van der Waals surface area contributed by atoms with Gasteiger partial charge in [-0.3, -0.25) is 4.57 Å². The summed E-state index contributed by atoms with van der Waals surface area (Å²) in [5.74, 6) is 2.37. The zero-order valence-corrected chi connectivity index (χ0v) is 11.3. The van der Waals surface area contributed by atoms with Crippen LogP contribution in [0.5, 0.6) is 0 Å². The third kappa shape index (κ3) is 3.00. The number of nitrogen functional groups attached to an aromatic ring is 1. The first-order chi connectivity index (χ1) is 8.70. The lowest BCUT2D eigenvalue weighted by molar-refractivity contribution is 0.371. The smallest absolute Gasteiger partial charge is 0.226 e. The lowest BCUT2D eigenvalue weighted by atomic mass is 10.2. The quantitative estimate of drug-likeness (QED) is 0.791. The predicted molar refractivity (Wildman–Crippen MR) is 67.9 cm³/mol. The molecule has 0 aliphatic rings. The molecule has 0 bridgehead atoms. The lowest BCUT2D eigenvalue weighted by Crippen LogP contribution is -1.98. The second kappa shape index (κ2) is 5.85. The van der Waals surface area contributed by atoms with E-state index in [0.29, 0.717) is 23.4 Å². The second-order valence-electron chi connectivity index (χ2n) is 3.90. The molecule has 2 aromatic rings. The van der Waals surface area contributed by atoms with E-state index in [2.05, 4.69) is 27.3 Å². The summed E-state index contributed by atoms with van der Waals surface area (Å²) in [7, 11) is 1.82. The molecule has 0 saturated carbocycles. The fourth-order valence-corrected chi connectivity index (χ4v) is 2.12. The molecular weight excluding hydrogens is 252 g/mol. The Morgan fingerprint density at radius 1 is 1.39 bits per heavy atom. The number of unbranched alkanes of at least 4 members (excludes halogenated alkanes) is 1. The Balaban J connectivity index is 1.90. The number of nitrogens with two attached hydrogens (primary N) is 1. The summed E-state index contributed by atoms with van der Waals surface area (Å²) >= 11 is 1.48. The molecule has 2 aromatic heterocycles. The minimum Gasteiger partial charge on any atom is -0.368 e. The van der Waals surface area contributed by atoms with Gasteiger partial charge < -0.3 is 10.3 Å². The largest absolute Gasteiger partial charge is 0.368 e. The van der Waals surface area contributed by atoms with E-state index in [0.717, 1.165) is 24.4 Å².